The molecule has 0 radical (unpaired) electrons. The van der Waals surface area contributed by atoms with E-state index in [4.69, 9.17) is 10.00 Å². The van der Waals surface area contributed by atoms with Crippen LogP contribution in [0.1, 0.15) is 33.6 Å². The van der Waals surface area contributed by atoms with Crippen LogP contribution in [-0.4, -0.2) is 28.7 Å². The van der Waals surface area contributed by atoms with Crippen LogP contribution in [0, 0.1) is 17.2 Å². The molecule has 0 spiro atoms. The van der Waals surface area contributed by atoms with Crippen LogP contribution in [-0.2, 0) is 4.74 Å². The predicted molar refractivity (Wildman–Crippen MR) is 54.0 cm³/mol. The lowest BCUT2D eigenvalue weighted by Gasteiger charge is -2.27. The van der Waals surface area contributed by atoms with Crippen molar-refractivity contribution in [3.8, 4) is 6.07 Å². The average Bonchev–Trinajstić information content (AvgIpc) is 2.73. The molecule has 4 heteroatoms. The average molecular weight is 208 g/mol. The minimum atomic E-state index is -0.482. The minimum Gasteiger partial charge on any atom is -0.444 e. The lowest BCUT2D eigenvalue weighted by Crippen LogP contribution is -2.41. The third-order valence-electron chi connectivity index (χ3n) is 2.86. The standard InChI is InChI=1S/C11H16N2O2/c1-11(2,3)15-10(14)13-8(6-12)4-7-5-9(7)13/h7-9H,4-5H2,1-3H3/t7?,8?,9-/m0/s1. The molecule has 3 atom stereocenters. The number of ether oxygens (including phenoxy) is 1. The summed E-state index contributed by atoms with van der Waals surface area (Å²) in [6.07, 6.45) is 1.52. The van der Waals surface area contributed by atoms with Crippen molar-refractivity contribution in [1.82, 2.24) is 4.90 Å². The highest BCUT2D eigenvalue weighted by Gasteiger charge is 2.55. The molecule has 0 N–H and O–H groups in total. The second kappa shape index (κ2) is 3.13. The fourth-order valence-corrected chi connectivity index (χ4v) is 2.15. The molecule has 1 aliphatic heterocycles. The van der Waals surface area contributed by atoms with E-state index < -0.39 is 5.60 Å². The van der Waals surface area contributed by atoms with E-state index in [0.29, 0.717) is 5.92 Å². The SMILES string of the molecule is CC(C)(C)OC(=O)N1C(C#N)CC2C[C@@H]21. The van der Waals surface area contributed by atoms with Crippen LogP contribution >= 0.6 is 0 Å². The third kappa shape index (κ3) is 1.92. The highest BCUT2D eigenvalue weighted by atomic mass is 16.6. The molecule has 4 nitrogen and oxygen atoms in total. The van der Waals surface area contributed by atoms with Crippen molar-refractivity contribution in [3.63, 3.8) is 0 Å². The van der Waals surface area contributed by atoms with Crippen LogP contribution in [0.15, 0.2) is 0 Å². The van der Waals surface area contributed by atoms with Crippen LogP contribution in [0.3, 0.4) is 0 Å². The normalized spacial score (nSPS) is 33.2. The Morgan fingerprint density at radius 2 is 2.13 bits per heavy atom. The number of nitriles is 1. The zero-order valence-corrected chi connectivity index (χ0v) is 9.36. The van der Waals surface area contributed by atoms with Crippen LogP contribution in [0.2, 0.25) is 0 Å². The van der Waals surface area contributed by atoms with E-state index in [2.05, 4.69) is 6.07 Å². The van der Waals surface area contributed by atoms with Crippen LogP contribution in [0.5, 0.6) is 0 Å². The first-order valence-electron chi connectivity index (χ1n) is 5.33. The molecule has 15 heavy (non-hydrogen) atoms. The van der Waals surface area contributed by atoms with Crippen molar-refractivity contribution in [1.29, 1.82) is 5.26 Å². The second-order valence-corrected chi connectivity index (χ2v) is 5.33. The molecule has 1 heterocycles. The molecule has 1 saturated heterocycles. The Morgan fingerprint density at radius 3 is 2.67 bits per heavy atom. The molecule has 0 bridgehead atoms. The van der Waals surface area contributed by atoms with Gasteiger partial charge in [0.2, 0.25) is 0 Å². The summed E-state index contributed by atoms with van der Waals surface area (Å²) in [7, 11) is 0. The number of carbonyl (C=O) groups is 1. The quantitative estimate of drug-likeness (QED) is 0.611. The molecule has 2 aliphatic rings. The van der Waals surface area contributed by atoms with Gasteiger partial charge >= 0.3 is 6.09 Å². The van der Waals surface area contributed by atoms with Crippen molar-refractivity contribution in [2.24, 2.45) is 5.92 Å². The smallest absolute Gasteiger partial charge is 0.411 e. The zero-order valence-electron chi connectivity index (χ0n) is 9.36. The first kappa shape index (κ1) is 10.3. The summed E-state index contributed by atoms with van der Waals surface area (Å²) in [5.74, 6) is 0.544. The topological polar surface area (TPSA) is 53.3 Å². The van der Waals surface area contributed by atoms with Crippen molar-refractivity contribution < 1.29 is 9.53 Å². The summed E-state index contributed by atoms with van der Waals surface area (Å²) in [6.45, 7) is 5.52. The molecule has 0 aromatic heterocycles. The third-order valence-corrected chi connectivity index (χ3v) is 2.86. The number of carbonyl (C=O) groups excluding carboxylic acids is 1. The van der Waals surface area contributed by atoms with Gasteiger partial charge < -0.3 is 4.74 Å². The number of hydrogen-bond donors (Lipinski definition) is 0. The van der Waals surface area contributed by atoms with E-state index in [1.54, 1.807) is 4.90 Å². The van der Waals surface area contributed by atoms with Gasteiger partial charge in [0.05, 0.1) is 6.07 Å². The molecule has 0 aromatic carbocycles. The lowest BCUT2D eigenvalue weighted by atomic mass is 10.2. The van der Waals surface area contributed by atoms with Gasteiger partial charge in [-0.05, 0) is 39.5 Å². The van der Waals surface area contributed by atoms with Gasteiger partial charge in [0, 0.05) is 6.04 Å². The van der Waals surface area contributed by atoms with Crippen molar-refractivity contribution in [3.05, 3.63) is 0 Å². The number of fused-ring (bicyclic) bond motifs is 1. The maximum Gasteiger partial charge on any atom is 0.411 e. The molecule has 0 aromatic rings. The van der Waals surface area contributed by atoms with E-state index in [1.165, 1.54) is 0 Å². The van der Waals surface area contributed by atoms with E-state index >= 15 is 0 Å². The van der Waals surface area contributed by atoms with E-state index in [0.717, 1.165) is 12.8 Å². The van der Waals surface area contributed by atoms with Crippen LogP contribution in [0.25, 0.3) is 0 Å². The molecule has 1 amide bonds. The maximum absolute atomic E-state index is 11.8. The first-order valence-corrected chi connectivity index (χ1v) is 5.33. The molecular weight excluding hydrogens is 192 g/mol. The molecule has 2 rings (SSSR count). The van der Waals surface area contributed by atoms with Crippen molar-refractivity contribution >= 4 is 6.09 Å². The Hall–Kier alpha value is -1.24. The highest BCUT2D eigenvalue weighted by Crippen LogP contribution is 2.48. The molecule has 2 fully saturated rings. The van der Waals surface area contributed by atoms with Crippen LogP contribution in [0.4, 0.5) is 4.79 Å². The number of piperidine rings is 1. The fraction of sp³-hybridized carbons (Fsp3) is 0.818. The summed E-state index contributed by atoms with van der Waals surface area (Å²) in [4.78, 5) is 13.4. The fourth-order valence-electron chi connectivity index (χ4n) is 2.15. The van der Waals surface area contributed by atoms with Crippen molar-refractivity contribution in [2.45, 2.75) is 51.3 Å². The van der Waals surface area contributed by atoms with Gasteiger partial charge in [-0.3, -0.25) is 4.90 Å². The Balaban J connectivity index is 2.04. The van der Waals surface area contributed by atoms with E-state index in [-0.39, 0.29) is 18.2 Å². The number of amides is 1. The largest absolute Gasteiger partial charge is 0.444 e. The van der Waals surface area contributed by atoms with Crippen molar-refractivity contribution in [2.75, 3.05) is 0 Å². The molecule has 1 saturated carbocycles. The Kier molecular flexibility index (Phi) is 2.14. The monoisotopic (exact) mass is 208 g/mol. The van der Waals surface area contributed by atoms with Gasteiger partial charge in [-0.1, -0.05) is 0 Å². The summed E-state index contributed by atoms with van der Waals surface area (Å²) in [6, 6.07) is 2.16. The summed E-state index contributed by atoms with van der Waals surface area (Å²) in [5, 5.41) is 8.92. The molecule has 1 aliphatic carbocycles. The summed E-state index contributed by atoms with van der Waals surface area (Å²) in [5.41, 5.74) is -0.482. The molecular formula is C11H16N2O2. The Bertz CT molecular complexity index is 326. The predicted octanol–water partition coefficient (Wildman–Crippen LogP) is 1.91. The van der Waals surface area contributed by atoms with Gasteiger partial charge in [0.15, 0.2) is 0 Å². The Labute approximate surface area is 89.8 Å². The minimum absolute atomic E-state index is 0.268. The van der Waals surface area contributed by atoms with Gasteiger partial charge in [-0.25, -0.2) is 4.79 Å². The Morgan fingerprint density at radius 1 is 1.47 bits per heavy atom. The van der Waals surface area contributed by atoms with Gasteiger partial charge in [0.1, 0.15) is 11.6 Å². The first-order chi connectivity index (χ1) is 6.92. The van der Waals surface area contributed by atoms with Gasteiger partial charge in [-0.2, -0.15) is 5.26 Å². The zero-order chi connectivity index (χ0) is 11.2. The molecule has 2 unspecified atom stereocenters. The summed E-state index contributed by atoms with van der Waals surface area (Å²) < 4.78 is 5.29. The number of rotatable bonds is 0. The van der Waals surface area contributed by atoms with Gasteiger partial charge in [0.25, 0.3) is 0 Å². The maximum atomic E-state index is 11.8. The number of likely N-dealkylation sites (tertiary alicyclic amines) is 1. The van der Waals surface area contributed by atoms with E-state index in [1.807, 2.05) is 20.8 Å². The number of nitrogens with zero attached hydrogens (tertiary/aromatic N) is 2. The number of hydrogen-bond acceptors (Lipinski definition) is 3. The molecule has 82 valence electrons. The van der Waals surface area contributed by atoms with Crippen LogP contribution < -0.4 is 0 Å². The second-order valence-electron chi connectivity index (χ2n) is 5.33. The van der Waals surface area contributed by atoms with E-state index in [9.17, 15) is 4.79 Å². The summed E-state index contributed by atoms with van der Waals surface area (Å²) >= 11 is 0. The highest BCUT2D eigenvalue weighted by molar-refractivity contribution is 5.70. The van der Waals surface area contributed by atoms with Gasteiger partial charge in [-0.15, -0.1) is 0 Å². The lowest BCUT2D eigenvalue weighted by molar-refractivity contribution is 0.0223.